The first kappa shape index (κ1) is 44.5. The first-order chi connectivity index (χ1) is 20.2. The summed E-state index contributed by atoms with van der Waals surface area (Å²) in [6, 6.07) is 0. The third-order valence-electron chi connectivity index (χ3n) is 8.22. The van der Waals surface area contributed by atoms with Gasteiger partial charge >= 0.3 is 57.4 Å². The molecule has 0 bridgehead atoms. The number of unbranched alkanes of at least 4 members (excludes halogenated alkanes) is 28. The van der Waals surface area contributed by atoms with Crippen LogP contribution in [0.15, 0.2) is 0 Å². The molecule has 0 saturated carbocycles. The van der Waals surface area contributed by atoms with E-state index in [2.05, 4.69) is 28.7 Å². The van der Waals surface area contributed by atoms with Gasteiger partial charge < -0.3 is 0 Å². The van der Waals surface area contributed by atoms with Gasteiger partial charge in [-0.3, -0.25) is 9.78 Å². The fourth-order valence-corrected chi connectivity index (χ4v) is 5.46. The molecule has 0 aromatic rings. The Kier molecular flexibility index (Phi) is 41.8. The quantitative estimate of drug-likeness (QED) is 0.0295. The van der Waals surface area contributed by atoms with Crippen molar-refractivity contribution in [2.75, 3.05) is 0 Å². The molecule has 0 aliphatic heterocycles. The molecule has 0 aromatic carbocycles. The van der Waals surface area contributed by atoms with Crippen LogP contribution in [0.4, 0.5) is 0 Å². The van der Waals surface area contributed by atoms with Gasteiger partial charge in [0.25, 0.3) is 0 Å². The molecule has 0 unspecified atom stereocenters. The van der Waals surface area contributed by atoms with Crippen LogP contribution in [0, 0.1) is 0 Å². The summed E-state index contributed by atoms with van der Waals surface area (Å²) in [6.07, 6.45) is 39.2. The van der Waals surface area contributed by atoms with E-state index in [0.717, 1.165) is 38.5 Å². The molecule has 6 heteroatoms. The van der Waals surface area contributed by atoms with Crippen LogP contribution in [-0.2, 0) is 24.4 Å². The van der Waals surface area contributed by atoms with Gasteiger partial charge in [-0.15, -0.1) is 0 Å². The van der Waals surface area contributed by atoms with Crippen LogP contribution < -0.4 is 0 Å². The summed E-state index contributed by atoms with van der Waals surface area (Å²) in [5, 5.41) is 4.41. The molecule has 5 nitrogen and oxygen atoms in total. The Labute approximate surface area is 298 Å². The predicted molar refractivity (Wildman–Crippen MR) is 181 cm³/mol. The second-order valence-corrected chi connectivity index (χ2v) is 12.4. The van der Waals surface area contributed by atoms with Crippen molar-refractivity contribution in [2.24, 2.45) is 0 Å². The molecule has 42 heavy (non-hydrogen) atoms. The van der Waals surface area contributed by atoms with Crippen molar-refractivity contribution in [1.29, 1.82) is 0 Å². The first-order valence-electron chi connectivity index (χ1n) is 18.3. The zero-order chi connectivity index (χ0) is 29.9. The summed E-state index contributed by atoms with van der Waals surface area (Å²) in [5.41, 5.74) is 0. The Morgan fingerprint density at radius 1 is 0.333 bits per heavy atom. The van der Waals surface area contributed by atoms with Crippen molar-refractivity contribution in [3.63, 3.8) is 0 Å². The van der Waals surface area contributed by atoms with Crippen molar-refractivity contribution in [1.82, 2.24) is 0 Å². The normalized spacial score (nSPS) is 10.9. The maximum absolute atomic E-state index is 11.7. The van der Waals surface area contributed by atoms with E-state index in [0.29, 0.717) is 12.8 Å². The Morgan fingerprint density at radius 3 is 0.738 bits per heavy atom. The monoisotopic (exact) mass is 672 g/mol. The van der Waals surface area contributed by atoms with E-state index in [4.69, 9.17) is 0 Å². The van der Waals surface area contributed by atoms with Gasteiger partial charge in [0.05, 0.1) is 0 Å². The van der Waals surface area contributed by atoms with Crippen LogP contribution in [0.1, 0.15) is 219 Å². The molecule has 0 N–H and O–H groups in total. The van der Waals surface area contributed by atoms with E-state index in [1.165, 1.54) is 154 Å². The van der Waals surface area contributed by atoms with Gasteiger partial charge in [0.1, 0.15) is 0 Å². The van der Waals surface area contributed by atoms with Gasteiger partial charge in [0, 0.05) is 17.9 Å². The van der Waals surface area contributed by atoms with Gasteiger partial charge in [0.2, 0.25) is 0 Å². The van der Waals surface area contributed by atoms with E-state index >= 15 is 0 Å². The molecular formula is C36H72O5Sr. The standard InChI is InChI=1S/C36H70O5.Sr.2H/c1-3-5-7-9-11-13-15-17-19-21-23-25-27-29-31-33-35(37)39-41-40-36(38)34-32-30-28-26-24-22-20-18-16-14-12-10-8-6-4-2;;;/h3-34H2,1-2H3;;;. The Balaban J connectivity index is 0. The summed E-state index contributed by atoms with van der Waals surface area (Å²) in [5.74, 6) is -0.945. The zero-order valence-electron chi connectivity index (χ0n) is 27.7. The molecule has 0 aliphatic rings. The number of hydrogen-bond donors (Lipinski definition) is 0. The second-order valence-electron chi connectivity index (χ2n) is 12.4. The van der Waals surface area contributed by atoms with Crippen LogP contribution >= 0.6 is 0 Å². The van der Waals surface area contributed by atoms with Crippen LogP contribution in [0.25, 0.3) is 0 Å². The van der Waals surface area contributed by atoms with Crippen LogP contribution in [0.2, 0.25) is 0 Å². The van der Waals surface area contributed by atoms with Crippen molar-refractivity contribution in [3.8, 4) is 0 Å². The van der Waals surface area contributed by atoms with Gasteiger partial charge in [-0.05, 0) is 12.8 Å². The Hall–Kier alpha value is 0.381. The number of carbonyl (C=O) groups excluding carboxylic acids is 2. The van der Waals surface area contributed by atoms with Crippen molar-refractivity contribution >= 4 is 57.4 Å². The minimum atomic E-state index is -0.473. The van der Waals surface area contributed by atoms with E-state index in [1.54, 1.807) is 0 Å². The summed E-state index contributed by atoms with van der Waals surface area (Å²) in [6.45, 7) is 4.54. The average molecular weight is 673 g/mol. The van der Waals surface area contributed by atoms with Crippen molar-refractivity contribution in [3.05, 3.63) is 0 Å². The maximum atomic E-state index is 11.7. The molecule has 0 saturated heterocycles. The topological polar surface area (TPSA) is 61.8 Å². The molecule has 0 rings (SSSR count). The van der Waals surface area contributed by atoms with E-state index in [1.807, 2.05) is 0 Å². The summed E-state index contributed by atoms with van der Waals surface area (Å²) in [7, 11) is 0. The summed E-state index contributed by atoms with van der Waals surface area (Å²) < 4.78 is 0. The summed E-state index contributed by atoms with van der Waals surface area (Å²) in [4.78, 5) is 32.6. The minimum absolute atomic E-state index is 0. The Morgan fingerprint density at radius 2 is 0.524 bits per heavy atom. The summed E-state index contributed by atoms with van der Waals surface area (Å²) >= 11 is 0. The molecule has 0 spiro atoms. The van der Waals surface area contributed by atoms with Gasteiger partial charge in [0.15, 0.2) is 0 Å². The predicted octanol–water partition coefficient (Wildman–Crippen LogP) is 11.5. The number of rotatable bonds is 34. The number of carbonyl (C=O) groups is 2. The van der Waals surface area contributed by atoms with E-state index in [-0.39, 0.29) is 45.5 Å². The van der Waals surface area contributed by atoms with Gasteiger partial charge in [-0.2, -0.15) is 0 Å². The molecular weight excluding hydrogens is 600 g/mol. The van der Waals surface area contributed by atoms with Crippen LogP contribution in [0.5, 0.6) is 0 Å². The zero-order valence-corrected chi connectivity index (χ0v) is 27.7. The van der Waals surface area contributed by atoms with Crippen LogP contribution in [-0.4, -0.2) is 57.4 Å². The third kappa shape index (κ3) is 38.4. The molecule has 0 fully saturated rings. The third-order valence-corrected chi connectivity index (χ3v) is 8.22. The fourth-order valence-electron chi connectivity index (χ4n) is 5.46. The number of hydrogen-bond acceptors (Lipinski definition) is 5. The van der Waals surface area contributed by atoms with E-state index in [9.17, 15) is 9.59 Å². The molecule has 0 amide bonds. The molecule has 0 radical (unpaired) electrons. The Bertz CT molecular complexity index is 497. The van der Waals surface area contributed by atoms with Gasteiger partial charge in [-0.1, -0.05) is 194 Å². The van der Waals surface area contributed by atoms with Gasteiger partial charge in [-0.25, -0.2) is 9.59 Å². The molecule has 0 heterocycles. The SMILES string of the molecule is CCCCCCCCCCCCCCCCCC(=O)OOOC(=O)CCCCCCCCCCCCCCCCC.[SrH2]. The van der Waals surface area contributed by atoms with Crippen LogP contribution in [0.3, 0.4) is 0 Å². The first-order valence-corrected chi connectivity index (χ1v) is 18.3. The molecule has 248 valence electrons. The molecule has 0 atom stereocenters. The van der Waals surface area contributed by atoms with Crippen molar-refractivity contribution in [2.45, 2.75) is 219 Å². The molecule has 0 aliphatic carbocycles. The van der Waals surface area contributed by atoms with E-state index < -0.39 is 11.9 Å². The average Bonchev–Trinajstić information content (AvgIpc) is 2.97. The molecule has 0 aromatic heterocycles. The second kappa shape index (κ2) is 39.4. The van der Waals surface area contributed by atoms with Crippen molar-refractivity contribution < 1.29 is 24.4 Å². The fraction of sp³-hybridized carbons (Fsp3) is 0.944.